The van der Waals surface area contributed by atoms with Crippen molar-refractivity contribution in [2.75, 3.05) is 18.4 Å². The first-order valence-electron chi connectivity index (χ1n) is 5.95. The van der Waals surface area contributed by atoms with Gasteiger partial charge in [-0.1, -0.05) is 6.92 Å². The van der Waals surface area contributed by atoms with Gasteiger partial charge in [0, 0.05) is 19.1 Å². The smallest absolute Gasteiger partial charge is 0.283 e. The number of hydrogen-bond donors (Lipinski definition) is 2. The zero-order valence-electron chi connectivity index (χ0n) is 9.87. The molecule has 5 nitrogen and oxygen atoms in total. The molecule has 2 rings (SSSR count). The third kappa shape index (κ3) is 2.87. The second-order valence-electron chi connectivity index (χ2n) is 4.23. The van der Waals surface area contributed by atoms with Gasteiger partial charge >= 0.3 is 0 Å². The van der Waals surface area contributed by atoms with Crippen molar-refractivity contribution >= 4 is 21.6 Å². The summed E-state index contributed by atoms with van der Waals surface area (Å²) in [5.41, 5.74) is 0.721. The lowest BCUT2D eigenvalue weighted by atomic mass is 10.2. The quantitative estimate of drug-likeness (QED) is 0.877. The van der Waals surface area contributed by atoms with Gasteiger partial charge in [-0.3, -0.25) is 4.79 Å². The van der Waals surface area contributed by atoms with Gasteiger partial charge in [0.1, 0.15) is 4.47 Å². The molecule has 1 aliphatic rings. The van der Waals surface area contributed by atoms with Crippen LogP contribution in [0.15, 0.2) is 15.5 Å². The van der Waals surface area contributed by atoms with Crippen molar-refractivity contribution in [3.8, 4) is 0 Å². The number of aromatic nitrogens is 2. The average molecular weight is 301 g/mol. The number of anilines is 1. The highest BCUT2D eigenvalue weighted by molar-refractivity contribution is 9.10. The van der Waals surface area contributed by atoms with Crippen LogP contribution in [0.2, 0.25) is 0 Å². The summed E-state index contributed by atoms with van der Waals surface area (Å²) in [5, 5.41) is 10.8. The number of hydrogen-bond acceptors (Lipinski definition) is 4. The van der Waals surface area contributed by atoms with Gasteiger partial charge in [0.05, 0.1) is 11.9 Å². The zero-order chi connectivity index (χ0) is 12.3. The van der Waals surface area contributed by atoms with Gasteiger partial charge in [0.15, 0.2) is 0 Å². The van der Waals surface area contributed by atoms with Crippen molar-refractivity contribution in [2.45, 2.75) is 32.4 Å². The van der Waals surface area contributed by atoms with Crippen molar-refractivity contribution in [3.63, 3.8) is 0 Å². The van der Waals surface area contributed by atoms with Crippen LogP contribution < -0.4 is 16.2 Å². The summed E-state index contributed by atoms with van der Waals surface area (Å²) in [4.78, 5) is 12.0. The maximum atomic E-state index is 12.0. The van der Waals surface area contributed by atoms with Crippen molar-refractivity contribution in [2.24, 2.45) is 0 Å². The molecular weight excluding hydrogens is 284 g/mol. The van der Waals surface area contributed by atoms with Gasteiger partial charge in [-0.2, -0.15) is 5.10 Å². The molecule has 2 N–H and O–H groups in total. The Labute approximate surface area is 109 Å². The first kappa shape index (κ1) is 12.6. The van der Waals surface area contributed by atoms with Crippen LogP contribution in [0.25, 0.3) is 0 Å². The second kappa shape index (κ2) is 5.64. The minimum atomic E-state index is -0.0668. The van der Waals surface area contributed by atoms with Gasteiger partial charge in [0.25, 0.3) is 5.56 Å². The highest BCUT2D eigenvalue weighted by Gasteiger charge is 2.16. The highest BCUT2D eigenvalue weighted by atomic mass is 79.9. The van der Waals surface area contributed by atoms with E-state index in [1.54, 1.807) is 6.20 Å². The third-order valence-corrected chi connectivity index (χ3v) is 3.61. The monoisotopic (exact) mass is 300 g/mol. The fraction of sp³-hybridized carbons (Fsp3) is 0.636. The Morgan fingerprint density at radius 3 is 3.18 bits per heavy atom. The van der Waals surface area contributed by atoms with E-state index < -0.39 is 0 Å². The van der Waals surface area contributed by atoms with Crippen molar-refractivity contribution < 1.29 is 0 Å². The Kier molecular flexibility index (Phi) is 4.17. The Balaban J connectivity index is 2.18. The van der Waals surface area contributed by atoms with E-state index in [4.69, 9.17) is 0 Å². The average Bonchev–Trinajstić information content (AvgIpc) is 2.82. The Morgan fingerprint density at radius 1 is 1.71 bits per heavy atom. The molecule has 0 amide bonds. The molecule has 0 radical (unpaired) electrons. The lowest BCUT2D eigenvalue weighted by Gasteiger charge is -2.14. The van der Waals surface area contributed by atoms with E-state index in [0.29, 0.717) is 17.1 Å². The maximum absolute atomic E-state index is 12.0. The van der Waals surface area contributed by atoms with E-state index in [1.165, 1.54) is 4.68 Å². The summed E-state index contributed by atoms with van der Waals surface area (Å²) in [7, 11) is 0. The van der Waals surface area contributed by atoms with E-state index in [9.17, 15) is 4.79 Å². The van der Waals surface area contributed by atoms with Gasteiger partial charge in [-0.05, 0) is 35.3 Å². The van der Waals surface area contributed by atoms with E-state index in [1.807, 2.05) is 6.92 Å². The lowest BCUT2D eigenvalue weighted by Crippen LogP contribution is -2.27. The summed E-state index contributed by atoms with van der Waals surface area (Å²) in [6.07, 6.45) is 3.70. The molecule has 0 aromatic carbocycles. The number of aryl methyl sites for hydroxylation is 1. The topological polar surface area (TPSA) is 59.0 Å². The third-order valence-electron chi connectivity index (χ3n) is 2.84. The predicted octanol–water partition coefficient (Wildman–Crippen LogP) is 1.19. The molecule has 1 saturated heterocycles. The molecule has 1 aliphatic heterocycles. The van der Waals surface area contributed by atoms with Crippen molar-refractivity contribution in [1.29, 1.82) is 0 Å². The second-order valence-corrected chi connectivity index (χ2v) is 5.03. The molecule has 0 saturated carbocycles. The zero-order valence-corrected chi connectivity index (χ0v) is 11.5. The van der Waals surface area contributed by atoms with E-state index >= 15 is 0 Å². The Bertz CT molecular complexity index is 440. The first-order chi connectivity index (χ1) is 8.22. The van der Waals surface area contributed by atoms with Crippen LogP contribution in [-0.4, -0.2) is 28.9 Å². The Hall–Kier alpha value is -0.880. The van der Waals surface area contributed by atoms with Crippen molar-refractivity contribution in [3.05, 3.63) is 21.0 Å². The molecule has 1 atom stereocenters. The molecule has 1 unspecified atom stereocenters. The largest absolute Gasteiger partial charge is 0.379 e. The van der Waals surface area contributed by atoms with Crippen LogP contribution in [0, 0.1) is 0 Å². The maximum Gasteiger partial charge on any atom is 0.283 e. The van der Waals surface area contributed by atoms with Gasteiger partial charge in [-0.15, -0.1) is 0 Å². The van der Waals surface area contributed by atoms with E-state index in [2.05, 4.69) is 31.7 Å². The number of nitrogens with zero attached hydrogens (tertiary/aromatic N) is 2. The molecule has 2 heterocycles. The summed E-state index contributed by atoms with van der Waals surface area (Å²) < 4.78 is 2.06. The molecular formula is C11H17BrN4O. The standard InChI is InChI=1S/C11H17BrN4O/c1-2-5-16-11(17)10(12)9(7-14-16)15-8-3-4-13-6-8/h7-8,13,15H,2-6H2,1H3. The molecule has 1 fully saturated rings. The van der Waals surface area contributed by atoms with Crippen LogP contribution in [0.5, 0.6) is 0 Å². The van der Waals surface area contributed by atoms with Gasteiger partial charge < -0.3 is 10.6 Å². The molecule has 0 spiro atoms. The lowest BCUT2D eigenvalue weighted by molar-refractivity contribution is 0.565. The minimum Gasteiger partial charge on any atom is -0.379 e. The van der Waals surface area contributed by atoms with Crippen molar-refractivity contribution in [1.82, 2.24) is 15.1 Å². The van der Waals surface area contributed by atoms with Crippen LogP contribution in [0.3, 0.4) is 0 Å². The molecule has 6 heteroatoms. The van der Waals surface area contributed by atoms with Crippen LogP contribution in [0.4, 0.5) is 5.69 Å². The van der Waals surface area contributed by atoms with E-state index in [0.717, 1.165) is 31.6 Å². The summed E-state index contributed by atoms with van der Waals surface area (Å²) in [5.74, 6) is 0. The SMILES string of the molecule is CCCn1ncc(NC2CCNC2)c(Br)c1=O. The molecule has 17 heavy (non-hydrogen) atoms. The summed E-state index contributed by atoms with van der Waals surface area (Å²) >= 11 is 3.35. The normalized spacial score (nSPS) is 19.5. The summed E-state index contributed by atoms with van der Waals surface area (Å²) in [6, 6.07) is 0.384. The summed E-state index contributed by atoms with van der Waals surface area (Å²) in [6.45, 7) is 4.64. The molecule has 0 aliphatic carbocycles. The molecule has 94 valence electrons. The fourth-order valence-electron chi connectivity index (χ4n) is 1.93. The van der Waals surface area contributed by atoms with Crippen LogP contribution in [0.1, 0.15) is 19.8 Å². The molecule has 0 bridgehead atoms. The molecule has 1 aromatic heterocycles. The first-order valence-corrected chi connectivity index (χ1v) is 6.74. The van der Waals surface area contributed by atoms with E-state index in [-0.39, 0.29) is 5.56 Å². The predicted molar refractivity (Wildman–Crippen MR) is 71.4 cm³/mol. The minimum absolute atomic E-state index is 0.0668. The number of nitrogens with one attached hydrogen (secondary N) is 2. The molecule has 1 aromatic rings. The Morgan fingerprint density at radius 2 is 2.53 bits per heavy atom. The number of halogens is 1. The fourth-order valence-corrected chi connectivity index (χ4v) is 2.36. The van der Waals surface area contributed by atoms with Gasteiger partial charge in [0.2, 0.25) is 0 Å². The van der Waals surface area contributed by atoms with Crippen LogP contribution >= 0.6 is 15.9 Å². The number of rotatable bonds is 4. The highest BCUT2D eigenvalue weighted by Crippen LogP contribution is 2.18. The van der Waals surface area contributed by atoms with Crippen LogP contribution in [-0.2, 0) is 6.54 Å². The van der Waals surface area contributed by atoms with Gasteiger partial charge in [-0.25, -0.2) is 4.68 Å².